The molecule has 140 valence electrons. The zero-order valence-electron chi connectivity index (χ0n) is 15.6. The van der Waals surface area contributed by atoms with E-state index >= 15 is 0 Å². The Kier molecular flexibility index (Phi) is 5.93. The number of benzene rings is 1. The highest BCUT2D eigenvalue weighted by atomic mass is 16.2. The Morgan fingerprint density at radius 1 is 1.19 bits per heavy atom. The number of ketones is 1. The second-order valence-corrected chi connectivity index (χ2v) is 7.18. The molecular weight excluding hydrogens is 328 g/mol. The Morgan fingerprint density at radius 2 is 1.88 bits per heavy atom. The van der Waals surface area contributed by atoms with Crippen molar-refractivity contribution in [3.8, 4) is 0 Å². The van der Waals surface area contributed by atoms with Gasteiger partial charge in [-0.15, -0.1) is 0 Å². The third-order valence-electron chi connectivity index (χ3n) is 5.25. The van der Waals surface area contributed by atoms with Crippen molar-refractivity contribution in [3.05, 3.63) is 35.7 Å². The Labute approximate surface area is 155 Å². The summed E-state index contributed by atoms with van der Waals surface area (Å²) in [6.07, 6.45) is 2.93. The largest absolute Gasteiger partial charge is 0.377 e. The van der Waals surface area contributed by atoms with Gasteiger partial charge in [-0.05, 0) is 57.5 Å². The van der Waals surface area contributed by atoms with Crippen LogP contribution in [0.15, 0.2) is 35.7 Å². The van der Waals surface area contributed by atoms with Crippen molar-refractivity contribution in [1.82, 2.24) is 10.2 Å². The summed E-state index contributed by atoms with van der Waals surface area (Å²) >= 11 is 0. The number of nitrogens with one attached hydrogen (secondary N) is 2. The molecule has 6 nitrogen and oxygen atoms in total. The van der Waals surface area contributed by atoms with Crippen molar-refractivity contribution in [1.29, 1.82) is 0 Å². The van der Waals surface area contributed by atoms with Crippen molar-refractivity contribution in [2.75, 3.05) is 43.4 Å². The van der Waals surface area contributed by atoms with Gasteiger partial charge >= 0.3 is 0 Å². The number of carbonyl (C=O) groups is 2. The zero-order chi connectivity index (χ0) is 18.5. The molecule has 0 spiro atoms. The van der Waals surface area contributed by atoms with Gasteiger partial charge in [0.2, 0.25) is 5.78 Å². The molecule has 26 heavy (non-hydrogen) atoms. The number of anilines is 2. The number of nitrogens with zero attached hydrogens (tertiary/aromatic N) is 2. The average Bonchev–Trinajstić information content (AvgIpc) is 2.68. The Hall–Kier alpha value is -2.34. The highest BCUT2D eigenvalue weighted by Gasteiger charge is 2.23. The molecule has 2 N–H and O–H groups in total. The standard InChI is InChI=1S/C20H28N4O2/c1-15(18-4-3-5-19(22-18)20(26)14-25)21-16-6-8-17(9-7-16)24-12-10-23(2)11-13-24/h6-9,14,19,21-22H,3-5,10-13H2,1-2H3. The number of aldehydes is 1. The maximum absolute atomic E-state index is 11.6. The minimum atomic E-state index is -0.382. The smallest absolute Gasteiger partial charge is 0.217 e. The second-order valence-electron chi connectivity index (χ2n) is 7.18. The average molecular weight is 356 g/mol. The van der Waals surface area contributed by atoms with Gasteiger partial charge in [0.1, 0.15) is 0 Å². The number of rotatable bonds is 5. The minimum absolute atomic E-state index is 0.369. The summed E-state index contributed by atoms with van der Waals surface area (Å²) in [6, 6.07) is 8.10. The zero-order valence-corrected chi connectivity index (χ0v) is 15.6. The lowest BCUT2D eigenvalue weighted by Crippen LogP contribution is -2.44. The molecule has 6 heteroatoms. The lowest BCUT2D eigenvalue weighted by atomic mass is 9.98. The van der Waals surface area contributed by atoms with Gasteiger partial charge in [0, 0.05) is 48.9 Å². The third-order valence-corrected chi connectivity index (χ3v) is 5.25. The van der Waals surface area contributed by atoms with E-state index in [1.54, 1.807) is 0 Å². The fourth-order valence-corrected chi connectivity index (χ4v) is 3.54. The van der Waals surface area contributed by atoms with Crippen LogP contribution in [0.5, 0.6) is 0 Å². The number of allylic oxidation sites excluding steroid dienone is 2. The van der Waals surface area contributed by atoms with Crippen LogP contribution in [0.1, 0.15) is 26.2 Å². The highest BCUT2D eigenvalue weighted by molar-refractivity contribution is 6.27. The van der Waals surface area contributed by atoms with E-state index in [4.69, 9.17) is 0 Å². The molecule has 1 unspecified atom stereocenters. The van der Waals surface area contributed by atoms with Crippen molar-refractivity contribution in [2.45, 2.75) is 32.2 Å². The van der Waals surface area contributed by atoms with Gasteiger partial charge in [-0.25, -0.2) is 0 Å². The van der Waals surface area contributed by atoms with Crippen LogP contribution < -0.4 is 15.5 Å². The molecule has 0 aromatic heterocycles. The number of piperazine rings is 1. The fraction of sp³-hybridized carbons (Fsp3) is 0.500. The van der Waals surface area contributed by atoms with E-state index in [-0.39, 0.29) is 11.8 Å². The van der Waals surface area contributed by atoms with Gasteiger partial charge in [0.05, 0.1) is 6.04 Å². The first-order valence-corrected chi connectivity index (χ1v) is 9.32. The topological polar surface area (TPSA) is 64.7 Å². The van der Waals surface area contributed by atoms with Crippen LogP contribution in [0, 0.1) is 0 Å². The molecule has 1 atom stereocenters. The molecule has 0 bridgehead atoms. The molecule has 1 aromatic carbocycles. The summed E-state index contributed by atoms with van der Waals surface area (Å²) in [7, 11) is 2.16. The summed E-state index contributed by atoms with van der Waals surface area (Å²) in [5, 5.41) is 6.63. The normalized spacial score (nSPS) is 23.2. The van der Waals surface area contributed by atoms with Gasteiger partial charge in [0.15, 0.2) is 6.29 Å². The van der Waals surface area contributed by atoms with Crippen LogP contribution in [0.3, 0.4) is 0 Å². The molecule has 1 aromatic rings. The van der Waals surface area contributed by atoms with Gasteiger partial charge in [-0.2, -0.15) is 0 Å². The Bertz CT molecular complexity index is 676. The van der Waals surface area contributed by atoms with Crippen LogP contribution >= 0.6 is 0 Å². The number of likely N-dealkylation sites (N-methyl/N-ethyl adjacent to an activating group) is 1. The van der Waals surface area contributed by atoms with E-state index in [1.807, 2.05) is 6.92 Å². The van der Waals surface area contributed by atoms with Crippen LogP contribution in [0.2, 0.25) is 0 Å². The van der Waals surface area contributed by atoms with Gasteiger partial charge in [-0.1, -0.05) is 0 Å². The van der Waals surface area contributed by atoms with Gasteiger partial charge < -0.3 is 20.4 Å². The maximum atomic E-state index is 11.6. The first-order chi connectivity index (χ1) is 12.6. The first kappa shape index (κ1) is 18.5. The SMILES string of the molecule is CC(Nc1ccc(N2CCN(C)CC2)cc1)=C1CCCC(C(=O)C=O)N1. The molecule has 3 rings (SSSR count). The van der Waals surface area contributed by atoms with Crippen LogP contribution in [0.4, 0.5) is 11.4 Å². The number of carbonyl (C=O) groups excluding carboxylic acids is 2. The number of hydrogen-bond acceptors (Lipinski definition) is 6. The molecule has 2 heterocycles. The van der Waals surface area contributed by atoms with Crippen LogP contribution in [-0.4, -0.2) is 56.2 Å². The van der Waals surface area contributed by atoms with E-state index in [1.165, 1.54) is 5.69 Å². The Balaban J connectivity index is 1.63. The predicted molar refractivity (Wildman–Crippen MR) is 104 cm³/mol. The summed E-state index contributed by atoms with van der Waals surface area (Å²) in [6.45, 7) is 6.31. The van der Waals surface area contributed by atoms with E-state index in [0.717, 1.165) is 56.1 Å². The van der Waals surface area contributed by atoms with Crippen LogP contribution in [0.25, 0.3) is 0 Å². The van der Waals surface area contributed by atoms with Crippen molar-refractivity contribution >= 4 is 23.4 Å². The minimum Gasteiger partial charge on any atom is -0.377 e. The first-order valence-electron chi connectivity index (χ1n) is 9.32. The molecule has 2 aliphatic rings. The fourth-order valence-electron chi connectivity index (χ4n) is 3.54. The van der Waals surface area contributed by atoms with Crippen molar-refractivity contribution < 1.29 is 9.59 Å². The van der Waals surface area contributed by atoms with E-state index in [0.29, 0.717) is 12.7 Å². The maximum Gasteiger partial charge on any atom is 0.217 e. The van der Waals surface area contributed by atoms with E-state index < -0.39 is 0 Å². The lowest BCUT2D eigenvalue weighted by molar-refractivity contribution is -0.131. The molecule has 2 saturated heterocycles. The molecule has 0 aliphatic carbocycles. The van der Waals surface area contributed by atoms with Gasteiger partial charge in [0.25, 0.3) is 0 Å². The molecule has 2 aliphatic heterocycles. The summed E-state index contributed by atoms with van der Waals surface area (Å²) in [4.78, 5) is 27.1. The lowest BCUT2D eigenvalue weighted by Gasteiger charge is -2.34. The Morgan fingerprint density at radius 3 is 2.54 bits per heavy atom. The molecule has 0 amide bonds. The predicted octanol–water partition coefficient (Wildman–Crippen LogP) is 1.99. The molecule has 2 fully saturated rings. The van der Waals surface area contributed by atoms with Crippen LogP contribution in [-0.2, 0) is 9.59 Å². The molecule has 0 saturated carbocycles. The van der Waals surface area contributed by atoms with Crippen molar-refractivity contribution in [3.63, 3.8) is 0 Å². The van der Waals surface area contributed by atoms with E-state index in [2.05, 4.69) is 51.7 Å². The number of piperidine rings is 1. The van der Waals surface area contributed by atoms with Crippen molar-refractivity contribution in [2.24, 2.45) is 0 Å². The van der Waals surface area contributed by atoms with Gasteiger partial charge in [-0.3, -0.25) is 9.59 Å². The quantitative estimate of drug-likeness (QED) is 0.621. The number of hydrogen-bond donors (Lipinski definition) is 2. The third kappa shape index (κ3) is 4.43. The van der Waals surface area contributed by atoms with E-state index in [9.17, 15) is 9.59 Å². The summed E-state index contributed by atoms with van der Waals surface area (Å²) in [5.41, 5.74) is 4.29. The second kappa shape index (κ2) is 8.36. The number of Topliss-reactive ketones (excluding diaryl/α,β-unsaturated/α-hetero) is 1. The summed E-state index contributed by atoms with van der Waals surface area (Å²) < 4.78 is 0. The highest BCUT2D eigenvalue weighted by Crippen LogP contribution is 2.23. The molecular formula is C20H28N4O2. The monoisotopic (exact) mass is 356 g/mol. The summed E-state index contributed by atoms with van der Waals surface area (Å²) in [5.74, 6) is -0.369. The molecule has 0 radical (unpaired) electrons.